The molecule has 4 heteroatoms. The van der Waals surface area contributed by atoms with Crippen LogP contribution in [0.5, 0.6) is 0 Å². The molecule has 3 unspecified atom stereocenters. The average Bonchev–Trinajstić information content (AvgIpc) is 2.63. The highest BCUT2D eigenvalue weighted by atomic mass is 16.1. The molecule has 0 saturated carbocycles. The van der Waals surface area contributed by atoms with Gasteiger partial charge in [-0.15, -0.1) is 0 Å². The summed E-state index contributed by atoms with van der Waals surface area (Å²) in [4.78, 5) is 13.5. The van der Waals surface area contributed by atoms with E-state index in [-0.39, 0.29) is 11.9 Å². The molecule has 3 atom stereocenters. The van der Waals surface area contributed by atoms with Crippen molar-refractivity contribution in [3.05, 3.63) is 0 Å². The Bertz CT molecular complexity index is 219. The molecule has 0 aromatic heterocycles. The number of carbonyl (C=O) groups excluding carboxylic acids is 1. The highest BCUT2D eigenvalue weighted by Crippen LogP contribution is 2.28. The summed E-state index contributed by atoms with van der Waals surface area (Å²) in [6, 6.07) is -0.0411. The topological polar surface area (TPSA) is 58.4 Å². The molecule has 14 heavy (non-hydrogen) atoms. The Kier molecular flexibility index (Phi) is 2.74. The Balaban J connectivity index is 1.97. The third-order valence-electron chi connectivity index (χ3n) is 3.57. The van der Waals surface area contributed by atoms with Crippen LogP contribution in [-0.2, 0) is 4.79 Å². The molecule has 2 aliphatic heterocycles. The van der Waals surface area contributed by atoms with E-state index in [1.165, 1.54) is 0 Å². The first-order valence-corrected chi connectivity index (χ1v) is 5.46. The van der Waals surface area contributed by atoms with Crippen LogP contribution in [0.2, 0.25) is 0 Å². The SMILES string of the molecule is CCC(C(N)=O)N1CC2CNCC2C1. The van der Waals surface area contributed by atoms with E-state index in [2.05, 4.69) is 10.2 Å². The van der Waals surface area contributed by atoms with Crippen LogP contribution in [0.15, 0.2) is 0 Å². The van der Waals surface area contributed by atoms with Crippen LogP contribution in [0.4, 0.5) is 0 Å². The predicted molar refractivity (Wildman–Crippen MR) is 54.7 cm³/mol. The number of rotatable bonds is 3. The third-order valence-corrected chi connectivity index (χ3v) is 3.57. The number of likely N-dealkylation sites (tertiary alicyclic amines) is 1. The number of fused-ring (bicyclic) bond motifs is 1. The van der Waals surface area contributed by atoms with Gasteiger partial charge >= 0.3 is 0 Å². The lowest BCUT2D eigenvalue weighted by atomic mass is 10.0. The second kappa shape index (κ2) is 3.87. The van der Waals surface area contributed by atoms with Gasteiger partial charge in [-0.25, -0.2) is 0 Å². The number of amides is 1. The quantitative estimate of drug-likeness (QED) is 0.635. The third kappa shape index (κ3) is 1.64. The largest absolute Gasteiger partial charge is 0.368 e. The molecule has 1 amide bonds. The summed E-state index contributed by atoms with van der Waals surface area (Å²) in [5, 5.41) is 3.39. The van der Waals surface area contributed by atoms with Crippen LogP contribution in [0, 0.1) is 11.8 Å². The van der Waals surface area contributed by atoms with E-state index >= 15 is 0 Å². The van der Waals surface area contributed by atoms with Gasteiger partial charge in [0.25, 0.3) is 0 Å². The molecule has 2 saturated heterocycles. The van der Waals surface area contributed by atoms with Gasteiger partial charge in [-0.05, 0) is 31.3 Å². The van der Waals surface area contributed by atoms with Gasteiger partial charge in [-0.3, -0.25) is 9.69 Å². The van der Waals surface area contributed by atoms with E-state index < -0.39 is 0 Å². The van der Waals surface area contributed by atoms with E-state index in [9.17, 15) is 4.79 Å². The lowest BCUT2D eigenvalue weighted by Crippen LogP contribution is -2.44. The van der Waals surface area contributed by atoms with E-state index in [0.717, 1.165) is 44.4 Å². The fourth-order valence-corrected chi connectivity index (χ4v) is 2.79. The zero-order valence-corrected chi connectivity index (χ0v) is 8.70. The molecule has 0 aromatic carbocycles. The monoisotopic (exact) mass is 197 g/mol. The number of hydrogen-bond acceptors (Lipinski definition) is 3. The maximum Gasteiger partial charge on any atom is 0.234 e. The minimum Gasteiger partial charge on any atom is -0.368 e. The molecule has 4 nitrogen and oxygen atoms in total. The van der Waals surface area contributed by atoms with Gasteiger partial charge in [0.2, 0.25) is 5.91 Å². The minimum atomic E-state index is -0.166. The lowest BCUT2D eigenvalue weighted by molar-refractivity contribution is -0.123. The van der Waals surface area contributed by atoms with Crippen LogP contribution in [0.3, 0.4) is 0 Å². The minimum absolute atomic E-state index is 0.0411. The van der Waals surface area contributed by atoms with Gasteiger partial charge in [0, 0.05) is 13.1 Å². The molecule has 3 N–H and O–H groups in total. The first-order valence-electron chi connectivity index (χ1n) is 5.46. The van der Waals surface area contributed by atoms with Crippen molar-refractivity contribution in [2.45, 2.75) is 19.4 Å². The fourth-order valence-electron chi connectivity index (χ4n) is 2.79. The number of nitrogens with two attached hydrogens (primary N) is 1. The Morgan fingerprint density at radius 3 is 2.50 bits per heavy atom. The van der Waals surface area contributed by atoms with Crippen molar-refractivity contribution in [3.8, 4) is 0 Å². The Morgan fingerprint density at radius 2 is 2.07 bits per heavy atom. The molecule has 0 radical (unpaired) electrons. The summed E-state index contributed by atoms with van der Waals surface area (Å²) < 4.78 is 0. The van der Waals surface area contributed by atoms with Gasteiger partial charge in [0.05, 0.1) is 6.04 Å². The van der Waals surface area contributed by atoms with Crippen LogP contribution in [0.25, 0.3) is 0 Å². The maximum absolute atomic E-state index is 11.2. The number of primary amides is 1. The van der Waals surface area contributed by atoms with Crippen LogP contribution < -0.4 is 11.1 Å². The zero-order valence-electron chi connectivity index (χ0n) is 8.70. The molecule has 0 aromatic rings. The average molecular weight is 197 g/mol. The highest BCUT2D eigenvalue weighted by molar-refractivity contribution is 5.79. The summed E-state index contributed by atoms with van der Waals surface area (Å²) in [6.07, 6.45) is 0.836. The molecule has 2 fully saturated rings. The number of carbonyl (C=O) groups is 1. The van der Waals surface area contributed by atoms with Crippen LogP contribution >= 0.6 is 0 Å². The van der Waals surface area contributed by atoms with Crippen LogP contribution in [-0.4, -0.2) is 43.0 Å². The summed E-state index contributed by atoms with van der Waals surface area (Å²) in [5.74, 6) is 1.31. The maximum atomic E-state index is 11.2. The molecule has 0 bridgehead atoms. The summed E-state index contributed by atoms with van der Waals surface area (Å²) >= 11 is 0. The van der Waals surface area contributed by atoms with Crippen molar-refractivity contribution in [2.24, 2.45) is 17.6 Å². The molecular formula is C10H19N3O. The standard InChI is InChI=1S/C10H19N3O/c1-2-9(10(11)14)13-5-7-3-12-4-8(7)6-13/h7-9,12H,2-6H2,1H3,(H2,11,14). The first-order chi connectivity index (χ1) is 6.72. The van der Waals surface area contributed by atoms with Gasteiger partial charge in [0.1, 0.15) is 0 Å². The molecule has 2 rings (SSSR count). The zero-order chi connectivity index (χ0) is 10.1. The van der Waals surface area contributed by atoms with Gasteiger partial charge in [0.15, 0.2) is 0 Å². The number of hydrogen-bond donors (Lipinski definition) is 2. The van der Waals surface area contributed by atoms with Crippen molar-refractivity contribution in [1.29, 1.82) is 0 Å². The fraction of sp³-hybridized carbons (Fsp3) is 0.900. The van der Waals surface area contributed by atoms with Gasteiger partial charge in [-0.1, -0.05) is 6.92 Å². The van der Waals surface area contributed by atoms with Gasteiger partial charge in [-0.2, -0.15) is 0 Å². The number of nitrogens with one attached hydrogen (secondary N) is 1. The second-order valence-corrected chi connectivity index (χ2v) is 4.46. The summed E-state index contributed by atoms with van der Waals surface area (Å²) in [7, 11) is 0. The van der Waals surface area contributed by atoms with E-state index in [1.54, 1.807) is 0 Å². The van der Waals surface area contributed by atoms with Gasteiger partial charge < -0.3 is 11.1 Å². The van der Waals surface area contributed by atoms with Crippen molar-refractivity contribution in [2.75, 3.05) is 26.2 Å². The Labute approximate surface area is 84.8 Å². The summed E-state index contributed by atoms with van der Waals surface area (Å²) in [5.41, 5.74) is 5.38. The molecule has 0 aliphatic carbocycles. The Hall–Kier alpha value is -0.610. The van der Waals surface area contributed by atoms with Crippen molar-refractivity contribution in [1.82, 2.24) is 10.2 Å². The molecule has 2 heterocycles. The van der Waals surface area contributed by atoms with Crippen molar-refractivity contribution in [3.63, 3.8) is 0 Å². The van der Waals surface area contributed by atoms with E-state index in [4.69, 9.17) is 5.73 Å². The normalized spacial score (nSPS) is 34.4. The lowest BCUT2D eigenvalue weighted by Gasteiger charge is -2.24. The molecule has 2 aliphatic rings. The molecule has 80 valence electrons. The predicted octanol–water partition coefficient (Wildman–Crippen LogP) is -0.598. The molecular weight excluding hydrogens is 178 g/mol. The Morgan fingerprint density at radius 1 is 1.50 bits per heavy atom. The summed E-state index contributed by atoms with van der Waals surface area (Å²) in [6.45, 7) is 6.33. The van der Waals surface area contributed by atoms with Crippen molar-refractivity contribution < 1.29 is 4.79 Å². The number of nitrogens with zero attached hydrogens (tertiary/aromatic N) is 1. The van der Waals surface area contributed by atoms with Crippen LogP contribution in [0.1, 0.15) is 13.3 Å². The molecule has 0 spiro atoms. The second-order valence-electron chi connectivity index (χ2n) is 4.46. The van der Waals surface area contributed by atoms with E-state index in [0.29, 0.717) is 0 Å². The smallest absolute Gasteiger partial charge is 0.234 e. The first kappa shape index (κ1) is 9.93. The van der Waals surface area contributed by atoms with E-state index in [1.807, 2.05) is 6.92 Å². The highest BCUT2D eigenvalue weighted by Gasteiger charge is 2.39. The van der Waals surface area contributed by atoms with Crippen molar-refractivity contribution >= 4 is 5.91 Å².